The Labute approximate surface area is 158 Å². The van der Waals surface area contributed by atoms with Crippen LogP contribution in [0.25, 0.3) is 21.9 Å². The van der Waals surface area contributed by atoms with Gasteiger partial charge in [0.2, 0.25) is 5.91 Å². The number of alkyl halides is 3. The fraction of sp³-hybridized carbons (Fsp3) is 0.444. The van der Waals surface area contributed by atoms with Crippen LogP contribution in [0.2, 0.25) is 0 Å². The molecule has 3 aromatic heterocycles. The molecule has 1 unspecified atom stereocenters. The number of fused-ring (bicyclic) bond motifs is 3. The van der Waals surface area contributed by atoms with Crippen LogP contribution in [0.3, 0.4) is 0 Å². The highest BCUT2D eigenvalue weighted by atomic mass is 19.4. The standard InChI is InChI=1S/C18H19F3N6O/c1-10-24-13-7-23-15-12(3-5-22-15)14(13)16(25-10)27-6-4-11(8-27)17(28)26(2)9-18(19,20)21/h3,5,7,11H,4,6,8-9H2,1-2H3,(H,24,25). The number of H-pyrrole nitrogens is 1. The maximum atomic E-state index is 12.6. The lowest BCUT2D eigenvalue weighted by Gasteiger charge is -2.23. The van der Waals surface area contributed by atoms with Gasteiger partial charge in [0, 0.05) is 31.7 Å². The number of nitrogens with zero attached hydrogens (tertiary/aromatic N) is 5. The van der Waals surface area contributed by atoms with E-state index in [-0.39, 0.29) is 0 Å². The molecule has 1 fully saturated rings. The zero-order valence-electron chi connectivity index (χ0n) is 15.4. The molecule has 4 rings (SSSR count). The van der Waals surface area contributed by atoms with Crippen molar-refractivity contribution < 1.29 is 18.0 Å². The number of hydrogen-bond donors (Lipinski definition) is 1. The molecule has 0 spiro atoms. The minimum absolute atomic E-state index is 0.324. The lowest BCUT2D eigenvalue weighted by atomic mass is 10.1. The molecule has 0 bridgehead atoms. The molecule has 1 amide bonds. The Hall–Kier alpha value is -2.91. The summed E-state index contributed by atoms with van der Waals surface area (Å²) in [6.07, 6.45) is -0.562. The number of nitrogens with one attached hydrogen (secondary N) is 1. The molecule has 0 radical (unpaired) electrons. The van der Waals surface area contributed by atoms with Gasteiger partial charge < -0.3 is 14.8 Å². The third kappa shape index (κ3) is 3.34. The zero-order chi connectivity index (χ0) is 20.1. The topological polar surface area (TPSA) is 78.0 Å². The van der Waals surface area contributed by atoms with Crippen LogP contribution in [0.5, 0.6) is 0 Å². The van der Waals surface area contributed by atoms with Crippen LogP contribution >= 0.6 is 0 Å². The minimum atomic E-state index is -4.41. The first-order chi connectivity index (χ1) is 13.2. The highest BCUT2D eigenvalue weighted by molar-refractivity contribution is 6.09. The summed E-state index contributed by atoms with van der Waals surface area (Å²) in [7, 11) is 1.19. The second-order valence-corrected chi connectivity index (χ2v) is 7.12. The van der Waals surface area contributed by atoms with E-state index >= 15 is 0 Å². The highest BCUT2D eigenvalue weighted by Gasteiger charge is 2.36. The first kappa shape index (κ1) is 18.5. The third-order valence-electron chi connectivity index (χ3n) is 4.98. The van der Waals surface area contributed by atoms with Gasteiger partial charge in [-0.15, -0.1) is 0 Å². The highest BCUT2D eigenvalue weighted by Crippen LogP contribution is 2.33. The van der Waals surface area contributed by atoms with E-state index in [0.29, 0.717) is 36.8 Å². The Morgan fingerprint density at radius 3 is 2.93 bits per heavy atom. The van der Waals surface area contributed by atoms with Gasteiger partial charge in [0.05, 0.1) is 23.0 Å². The number of halogens is 3. The molecule has 1 atom stereocenters. The van der Waals surface area contributed by atoms with Gasteiger partial charge in [-0.05, 0) is 19.4 Å². The van der Waals surface area contributed by atoms with Gasteiger partial charge >= 0.3 is 6.18 Å². The van der Waals surface area contributed by atoms with Crippen molar-refractivity contribution in [2.45, 2.75) is 19.5 Å². The molecule has 28 heavy (non-hydrogen) atoms. The van der Waals surface area contributed by atoms with Gasteiger partial charge in [-0.2, -0.15) is 13.2 Å². The maximum Gasteiger partial charge on any atom is 0.406 e. The van der Waals surface area contributed by atoms with Crippen molar-refractivity contribution in [2.75, 3.05) is 31.6 Å². The van der Waals surface area contributed by atoms with E-state index in [0.717, 1.165) is 21.2 Å². The second-order valence-electron chi connectivity index (χ2n) is 7.12. The molecular formula is C18H19F3N6O. The number of aryl methyl sites for hydroxylation is 1. The second kappa shape index (κ2) is 6.61. The largest absolute Gasteiger partial charge is 0.406 e. The SMILES string of the molecule is Cc1nc(N2CCC(C(=O)N(C)CC(F)(F)F)C2)c2c(cnc3nccc32)[nH]1. The van der Waals surface area contributed by atoms with E-state index in [1.165, 1.54) is 7.05 Å². The number of hydrogen-bond acceptors (Lipinski definition) is 5. The van der Waals surface area contributed by atoms with Crippen LogP contribution < -0.4 is 4.90 Å². The summed E-state index contributed by atoms with van der Waals surface area (Å²) in [5, 5.41) is 1.70. The molecule has 10 heteroatoms. The summed E-state index contributed by atoms with van der Waals surface area (Å²) >= 11 is 0. The van der Waals surface area contributed by atoms with Crippen molar-refractivity contribution >= 4 is 33.7 Å². The Bertz CT molecular complexity index is 1050. The predicted octanol–water partition coefficient (Wildman–Crippen LogP) is 2.66. The van der Waals surface area contributed by atoms with Crippen LogP contribution in [0.4, 0.5) is 19.0 Å². The molecule has 0 aromatic carbocycles. The van der Waals surface area contributed by atoms with E-state index in [4.69, 9.17) is 0 Å². The summed E-state index contributed by atoms with van der Waals surface area (Å²) in [6.45, 7) is 1.45. The Balaban J connectivity index is 1.65. The van der Waals surface area contributed by atoms with Crippen molar-refractivity contribution in [3.8, 4) is 0 Å². The van der Waals surface area contributed by atoms with Gasteiger partial charge in [0.15, 0.2) is 5.65 Å². The summed E-state index contributed by atoms with van der Waals surface area (Å²) < 4.78 is 37.8. The number of anilines is 1. The van der Waals surface area contributed by atoms with Crippen molar-refractivity contribution in [3.05, 3.63) is 24.3 Å². The van der Waals surface area contributed by atoms with Crippen LogP contribution in [0, 0.1) is 12.8 Å². The monoisotopic (exact) mass is 392 g/mol. The Kier molecular flexibility index (Phi) is 4.35. The lowest BCUT2D eigenvalue weighted by molar-refractivity contribution is -0.160. The number of aromatic amines is 1. The molecule has 4 heterocycles. The van der Waals surface area contributed by atoms with Crippen LogP contribution in [0.1, 0.15) is 12.2 Å². The van der Waals surface area contributed by atoms with Crippen molar-refractivity contribution in [1.82, 2.24) is 24.8 Å². The Morgan fingerprint density at radius 2 is 2.18 bits per heavy atom. The molecule has 3 aromatic rings. The number of aromatic nitrogens is 4. The molecule has 1 N–H and O–H groups in total. The molecular weight excluding hydrogens is 373 g/mol. The van der Waals surface area contributed by atoms with Gasteiger partial charge in [-0.1, -0.05) is 0 Å². The van der Waals surface area contributed by atoms with Crippen LogP contribution in [-0.4, -0.2) is 63.6 Å². The maximum absolute atomic E-state index is 12.6. The molecule has 1 aliphatic rings. The van der Waals surface area contributed by atoms with Gasteiger partial charge in [-0.25, -0.2) is 15.0 Å². The normalized spacial score (nSPS) is 17.6. The van der Waals surface area contributed by atoms with Gasteiger partial charge in [-0.3, -0.25) is 4.79 Å². The smallest absolute Gasteiger partial charge is 0.355 e. The first-order valence-electron chi connectivity index (χ1n) is 8.89. The fourth-order valence-corrected chi connectivity index (χ4v) is 3.77. The summed E-state index contributed by atoms with van der Waals surface area (Å²) in [6, 6.07) is 1.86. The molecule has 1 aliphatic heterocycles. The van der Waals surface area contributed by atoms with Crippen LogP contribution in [0.15, 0.2) is 18.5 Å². The molecule has 7 nitrogen and oxygen atoms in total. The van der Waals surface area contributed by atoms with E-state index < -0.39 is 24.5 Å². The number of carbonyl (C=O) groups is 1. The third-order valence-corrected chi connectivity index (χ3v) is 4.98. The summed E-state index contributed by atoms with van der Waals surface area (Å²) in [4.78, 5) is 31.5. The quantitative estimate of drug-likeness (QED) is 0.742. The summed E-state index contributed by atoms with van der Waals surface area (Å²) in [5.74, 6) is 0.390. The first-order valence-corrected chi connectivity index (χ1v) is 8.89. The van der Waals surface area contributed by atoms with E-state index in [1.807, 2.05) is 17.9 Å². The van der Waals surface area contributed by atoms with Crippen LogP contribution in [-0.2, 0) is 4.79 Å². The molecule has 148 valence electrons. The summed E-state index contributed by atoms with van der Waals surface area (Å²) in [5.41, 5.74) is 1.40. The zero-order valence-corrected chi connectivity index (χ0v) is 15.4. The molecule has 1 saturated heterocycles. The average Bonchev–Trinajstić information content (AvgIpc) is 3.27. The van der Waals surface area contributed by atoms with Gasteiger partial charge in [0.25, 0.3) is 0 Å². The van der Waals surface area contributed by atoms with Crippen molar-refractivity contribution in [2.24, 2.45) is 5.92 Å². The lowest BCUT2D eigenvalue weighted by Crippen LogP contribution is -2.40. The Morgan fingerprint density at radius 1 is 1.39 bits per heavy atom. The van der Waals surface area contributed by atoms with E-state index in [9.17, 15) is 18.0 Å². The van der Waals surface area contributed by atoms with Crippen molar-refractivity contribution in [3.63, 3.8) is 0 Å². The number of pyridine rings is 1. The minimum Gasteiger partial charge on any atom is -0.355 e. The number of rotatable bonds is 3. The van der Waals surface area contributed by atoms with E-state index in [2.05, 4.69) is 19.9 Å². The number of carbonyl (C=O) groups excluding carboxylic acids is 1. The van der Waals surface area contributed by atoms with Gasteiger partial charge in [0.1, 0.15) is 18.2 Å². The molecule has 0 aliphatic carbocycles. The molecule has 0 saturated carbocycles. The fourth-order valence-electron chi connectivity index (χ4n) is 3.77. The number of amides is 1. The predicted molar refractivity (Wildman–Crippen MR) is 97.9 cm³/mol. The van der Waals surface area contributed by atoms with E-state index in [1.54, 1.807) is 12.4 Å². The van der Waals surface area contributed by atoms with Crippen molar-refractivity contribution in [1.29, 1.82) is 0 Å². The average molecular weight is 392 g/mol.